The quantitative estimate of drug-likeness (QED) is 0.814. The van der Waals surface area contributed by atoms with Crippen molar-refractivity contribution in [3.63, 3.8) is 0 Å². The molecule has 1 aromatic carbocycles. The molecule has 1 aliphatic rings. The highest BCUT2D eigenvalue weighted by Gasteiger charge is 2.18. The Morgan fingerprint density at radius 2 is 2.00 bits per heavy atom. The van der Waals surface area contributed by atoms with E-state index in [1.54, 1.807) is 7.11 Å². The van der Waals surface area contributed by atoms with Crippen LogP contribution in [0.5, 0.6) is 5.75 Å². The molecule has 0 amide bonds. The van der Waals surface area contributed by atoms with Crippen molar-refractivity contribution in [2.45, 2.75) is 64.5 Å². The van der Waals surface area contributed by atoms with Crippen molar-refractivity contribution in [3.8, 4) is 5.75 Å². The monoisotopic (exact) mass is 275 g/mol. The highest BCUT2D eigenvalue weighted by Crippen LogP contribution is 2.24. The molecule has 1 aromatic rings. The van der Waals surface area contributed by atoms with E-state index in [9.17, 15) is 0 Å². The van der Waals surface area contributed by atoms with E-state index in [-0.39, 0.29) is 0 Å². The molecule has 0 spiro atoms. The highest BCUT2D eigenvalue weighted by molar-refractivity contribution is 5.33. The molecule has 1 N–H and O–H groups in total. The minimum atomic E-state index is 0.504. The van der Waals surface area contributed by atoms with E-state index in [0.29, 0.717) is 12.1 Å². The fourth-order valence-corrected chi connectivity index (χ4v) is 3.32. The number of nitrogens with one attached hydrogen (secondary N) is 1. The van der Waals surface area contributed by atoms with E-state index in [2.05, 4.69) is 37.4 Å². The van der Waals surface area contributed by atoms with Gasteiger partial charge in [-0.3, -0.25) is 0 Å². The summed E-state index contributed by atoms with van der Waals surface area (Å²) >= 11 is 0. The van der Waals surface area contributed by atoms with Gasteiger partial charge in [-0.15, -0.1) is 0 Å². The summed E-state index contributed by atoms with van der Waals surface area (Å²) in [5, 5.41) is 3.82. The number of hydrogen-bond donors (Lipinski definition) is 1. The first-order chi connectivity index (χ1) is 9.69. The van der Waals surface area contributed by atoms with Crippen LogP contribution in [0.3, 0.4) is 0 Å². The molecule has 0 radical (unpaired) electrons. The number of rotatable bonds is 5. The molecule has 20 heavy (non-hydrogen) atoms. The van der Waals surface area contributed by atoms with Gasteiger partial charge in [0.2, 0.25) is 0 Å². The summed E-state index contributed by atoms with van der Waals surface area (Å²) in [4.78, 5) is 0. The molecule has 0 bridgehead atoms. The molecular formula is C18H29NO. The molecule has 2 nitrogen and oxygen atoms in total. The van der Waals surface area contributed by atoms with Crippen LogP contribution in [-0.2, 0) is 6.42 Å². The van der Waals surface area contributed by atoms with Gasteiger partial charge < -0.3 is 10.1 Å². The first-order valence-corrected chi connectivity index (χ1v) is 8.07. The van der Waals surface area contributed by atoms with Crippen molar-refractivity contribution >= 4 is 0 Å². The van der Waals surface area contributed by atoms with Crippen molar-refractivity contribution in [2.24, 2.45) is 5.92 Å². The normalized spacial score (nSPS) is 24.9. The maximum absolute atomic E-state index is 5.44. The van der Waals surface area contributed by atoms with E-state index >= 15 is 0 Å². The third-order valence-electron chi connectivity index (χ3n) is 4.50. The summed E-state index contributed by atoms with van der Waals surface area (Å²) in [5.41, 5.74) is 1.30. The van der Waals surface area contributed by atoms with Crippen LogP contribution in [0, 0.1) is 5.92 Å². The predicted molar refractivity (Wildman–Crippen MR) is 85.3 cm³/mol. The Balaban J connectivity index is 1.87. The van der Waals surface area contributed by atoms with Crippen LogP contribution in [0.25, 0.3) is 0 Å². The van der Waals surface area contributed by atoms with E-state index in [0.717, 1.165) is 18.1 Å². The maximum Gasteiger partial charge on any atom is 0.122 e. The third-order valence-corrected chi connectivity index (χ3v) is 4.50. The largest absolute Gasteiger partial charge is 0.496 e. The smallest absolute Gasteiger partial charge is 0.122 e. The molecule has 3 atom stereocenters. The second-order valence-corrected chi connectivity index (χ2v) is 6.39. The maximum atomic E-state index is 5.44. The van der Waals surface area contributed by atoms with Gasteiger partial charge in [-0.25, -0.2) is 0 Å². The Hall–Kier alpha value is -1.02. The van der Waals surface area contributed by atoms with Crippen LogP contribution in [0.2, 0.25) is 0 Å². The number of para-hydroxylation sites is 1. The molecule has 1 aliphatic carbocycles. The van der Waals surface area contributed by atoms with Crippen LogP contribution < -0.4 is 10.1 Å². The molecule has 0 saturated heterocycles. The predicted octanol–water partition coefficient (Wildman–Crippen LogP) is 4.18. The highest BCUT2D eigenvalue weighted by atomic mass is 16.5. The van der Waals surface area contributed by atoms with Crippen LogP contribution in [0.4, 0.5) is 0 Å². The lowest BCUT2D eigenvalue weighted by atomic mass is 10.0. The Bertz CT molecular complexity index is 404. The van der Waals surface area contributed by atoms with Gasteiger partial charge in [-0.1, -0.05) is 38.0 Å². The van der Waals surface area contributed by atoms with Crippen LogP contribution >= 0.6 is 0 Å². The summed E-state index contributed by atoms with van der Waals surface area (Å²) < 4.78 is 5.44. The van der Waals surface area contributed by atoms with Crippen molar-refractivity contribution < 1.29 is 4.74 Å². The van der Waals surface area contributed by atoms with E-state index in [4.69, 9.17) is 4.74 Å². The first-order valence-electron chi connectivity index (χ1n) is 8.07. The average molecular weight is 275 g/mol. The average Bonchev–Trinajstić information content (AvgIpc) is 2.64. The van der Waals surface area contributed by atoms with Gasteiger partial charge >= 0.3 is 0 Å². The SMILES string of the molecule is COc1ccccc1CC(C)NC1CCCC(C)CC1. The minimum Gasteiger partial charge on any atom is -0.496 e. The molecule has 112 valence electrons. The minimum absolute atomic E-state index is 0.504. The van der Waals surface area contributed by atoms with Gasteiger partial charge in [0.1, 0.15) is 5.75 Å². The summed E-state index contributed by atoms with van der Waals surface area (Å²) in [7, 11) is 1.75. The number of hydrogen-bond acceptors (Lipinski definition) is 2. The van der Waals surface area contributed by atoms with Crippen molar-refractivity contribution in [3.05, 3.63) is 29.8 Å². The Morgan fingerprint density at radius 1 is 1.20 bits per heavy atom. The molecule has 0 aromatic heterocycles. The Labute approximate surface area is 123 Å². The van der Waals surface area contributed by atoms with Gasteiger partial charge in [0.15, 0.2) is 0 Å². The summed E-state index contributed by atoms with van der Waals surface area (Å²) in [5.74, 6) is 1.92. The molecular weight excluding hydrogens is 246 g/mol. The van der Waals surface area contributed by atoms with Crippen LogP contribution in [-0.4, -0.2) is 19.2 Å². The topological polar surface area (TPSA) is 21.3 Å². The second-order valence-electron chi connectivity index (χ2n) is 6.39. The Kier molecular flexibility index (Phi) is 5.90. The van der Waals surface area contributed by atoms with Gasteiger partial charge in [0, 0.05) is 12.1 Å². The van der Waals surface area contributed by atoms with Gasteiger partial charge in [0.25, 0.3) is 0 Å². The zero-order chi connectivity index (χ0) is 14.4. The molecule has 2 heteroatoms. The van der Waals surface area contributed by atoms with Gasteiger partial charge in [-0.2, -0.15) is 0 Å². The standard InChI is InChI=1S/C18H29NO/c1-14-7-6-9-17(12-11-14)19-15(2)13-16-8-4-5-10-18(16)20-3/h4-5,8,10,14-15,17,19H,6-7,9,11-13H2,1-3H3. The lowest BCUT2D eigenvalue weighted by molar-refractivity contribution is 0.386. The Morgan fingerprint density at radius 3 is 2.80 bits per heavy atom. The summed E-state index contributed by atoms with van der Waals surface area (Å²) in [6.45, 7) is 4.68. The summed E-state index contributed by atoms with van der Waals surface area (Å²) in [6.07, 6.45) is 7.85. The van der Waals surface area contributed by atoms with E-state index in [1.165, 1.54) is 37.7 Å². The third kappa shape index (κ3) is 4.52. The number of methoxy groups -OCH3 is 1. The molecule has 2 rings (SSSR count). The molecule has 1 fully saturated rings. The molecule has 0 aliphatic heterocycles. The second kappa shape index (κ2) is 7.68. The number of ether oxygens (including phenoxy) is 1. The van der Waals surface area contributed by atoms with Crippen LogP contribution in [0.15, 0.2) is 24.3 Å². The lowest BCUT2D eigenvalue weighted by Gasteiger charge is -2.23. The fraction of sp³-hybridized carbons (Fsp3) is 0.667. The zero-order valence-electron chi connectivity index (χ0n) is 13.2. The van der Waals surface area contributed by atoms with Crippen molar-refractivity contribution in [1.82, 2.24) is 5.32 Å². The van der Waals surface area contributed by atoms with Gasteiger partial charge in [0.05, 0.1) is 7.11 Å². The molecule has 1 saturated carbocycles. The van der Waals surface area contributed by atoms with Gasteiger partial charge in [-0.05, 0) is 50.2 Å². The number of benzene rings is 1. The van der Waals surface area contributed by atoms with Crippen molar-refractivity contribution in [2.75, 3.05) is 7.11 Å². The molecule has 0 heterocycles. The molecule has 3 unspecified atom stereocenters. The summed E-state index contributed by atoms with van der Waals surface area (Å²) in [6, 6.07) is 9.56. The van der Waals surface area contributed by atoms with Crippen molar-refractivity contribution in [1.29, 1.82) is 0 Å². The first kappa shape index (κ1) is 15.4. The van der Waals surface area contributed by atoms with E-state index < -0.39 is 0 Å². The van der Waals surface area contributed by atoms with Crippen LogP contribution in [0.1, 0.15) is 51.5 Å². The van der Waals surface area contributed by atoms with E-state index in [1.807, 2.05) is 6.07 Å². The lowest BCUT2D eigenvalue weighted by Crippen LogP contribution is -2.37. The fourth-order valence-electron chi connectivity index (χ4n) is 3.32. The zero-order valence-corrected chi connectivity index (χ0v) is 13.2.